The summed E-state index contributed by atoms with van der Waals surface area (Å²) in [6.45, 7) is 3.46. The fraction of sp³-hybridized carbons (Fsp3) is 0.429. The molecule has 1 amide bonds. The maximum atomic E-state index is 12.5. The first-order valence-electron chi connectivity index (χ1n) is 7.39. The summed E-state index contributed by atoms with van der Waals surface area (Å²) in [6.07, 6.45) is 1.66. The van der Waals surface area contributed by atoms with E-state index in [1.54, 1.807) is 33.3 Å². The maximum Gasteiger partial charge on any atom is 0.252 e. The number of nitrogens with zero attached hydrogens (tertiary/aromatic N) is 4. The lowest BCUT2D eigenvalue weighted by atomic mass is 10.3. The number of rotatable bonds is 4. The molecule has 130 valence electrons. The molecule has 7 nitrogen and oxygen atoms in total. The highest BCUT2D eigenvalue weighted by atomic mass is 79.9. The molecule has 1 aliphatic rings. The van der Waals surface area contributed by atoms with Gasteiger partial charge in [-0.3, -0.25) is 9.48 Å². The zero-order chi connectivity index (χ0) is 17.3. The minimum absolute atomic E-state index is 0.0538. The third kappa shape index (κ3) is 3.41. The summed E-state index contributed by atoms with van der Waals surface area (Å²) in [6, 6.07) is 3.33. The number of thiophene rings is 1. The van der Waals surface area contributed by atoms with Crippen LogP contribution < -0.4 is 0 Å². The van der Waals surface area contributed by atoms with E-state index in [9.17, 15) is 13.2 Å². The van der Waals surface area contributed by atoms with Crippen molar-refractivity contribution in [1.29, 1.82) is 0 Å². The normalized spacial score (nSPS) is 16.5. The second kappa shape index (κ2) is 6.95. The molecule has 0 aliphatic carbocycles. The molecular formula is C14H17BrN4O3S2. The van der Waals surface area contributed by atoms with Gasteiger partial charge in [-0.05, 0) is 34.3 Å². The van der Waals surface area contributed by atoms with Crippen molar-refractivity contribution in [3.63, 3.8) is 0 Å². The fourth-order valence-electron chi connectivity index (χ4n) is 2.53. The minimum atomic E-state index is -3.44. The lowest BCUT2D eigenvalue weighted by Crippen LogP contribution is -2.51. The van der Waals surface area contributed by atoms with Gasteiger partial charge in [0.15, 0.2) is 0 Å². The Balaban J connectivity index is 1.61. The average Bonchev–Trinajstić information content (AvgIpc) is 3.21. The highest BCUT2D eigenvalue weighted by Gasteiger charge is 2.30. The highest BCUT2D eigenvalue weighted by Crippen LogP contribution is 2.22. The summed E-state index contributed by atoms with van der Waals surface area (Å²) >= 11 is 4.58. The molecule has 0 unspecified atom stereocenters. The van der Waals surface area contributed by atoms with Crippen molar-refractivity contribution >= 4 is 43.2 Å². The molecule has 0 radical (unpaired) electrons. The van der Waals surface area contributed by atoms with Gasteiger partial charge in [0, 0.05) is 26.2 Å². The van der Waals surface area contributed by atoms with Gasteiger partial charge in [-0.1, -0.05) is 6.07 Å². The van der Waals surface area contributed by atoms with Crippen molar-refractivity contribution in [3.05, 3.63) is 33.9 Å². The molecule has 0 spiro atoms. The second-order valence-electron chi connectivity index (χ2n) is 5.45. The summed E-state index contributed by atoms with van der Waals surface area (Å²) in [5.41, 5.74) is 0.891. The van der Waals surface area contributed by atoms with Crippen LogP contribution in [0.4, 0.5) is 0 Å². The number of carbonyl (C=O) groups excluding carboxylic acids is 1. The van der Waals surface area contributed by atoms with Crippen LogP contribution >= 0.6 is 27.3 Å². The number of hydrogen-bond acceptors (Lipinski definition) is 5. The van der Waals surface area contributed by atoms with Crippen LogP contribution in [0.15, 0.2) is 32.4 Å². The number of amides is 1. The highest BCUT2D eigenvalue weighted by molar-refractivity contribution is 9.10. The standard InChI is InChI=1S/C14H17BrN4O3S2/c1-11-12(15)9-16-19(11)10-13(20)17-4-6-18(7-5-17)24(21,22)14-3-2-8-23-14/h2-3,8-9H,4-7,10H2,1H3. The van der Waals surface area contributed by atoms with Gasteiger partial charge >= 0.3 is 0 Å². The zero-order valence-electron chi connectivity index (χ0n) is 13.1. The van der Waals surface area contributed by atoms with E-state index in [2.05, 4.69) is 21.0 Å². The van der Waals surface area contributed by atoms with Gasteiger partial charge in [0.25, 0.3) is 10.0 Å². The van der Waals surface area contributed by atoms with Crippen LogP contribution in [0.25, 0.3) is 0 Å². The van der Waals surface area contributed by atoms with E-state index >= 15 is 0 Å². The van der Waals surface area contributed by atoms with Crippen molar-refractivity contribution in [1.82, 2.24) is 19.0 Å². The topological polar surface area (TPSA) is 75.5 Å². The molecule has 0 bridgehead atoms. The Hall–Kier alpha value is -1.23. The summed E-state index contributed by atoms with van der Waals surface area (Å²) in [7, 11) is -3.44. The maximum absolute atomic E-state index is 12.5. The molecule has 3 rings (SSSR count). The molecule has 1 fully saturated rings. The van der Waals surface area contributed by atoms with Gasteiger partial charge in [0.1, 0.15) is 10.8 Å². The Labute approximate surface area is 153 Å². The predicted molar refractivity (Wildman–Crippen MR) is 94.3 cm³/mol. The molecule has 24 heavy (non-hydrogen) atoms. The van der Waals surface area contributed by atoms with Gasteiger partial charge in [-0.25, -0.2) is 8.42 Å². The summed E-state index contributed by atoms with van der Waals surface area (Å²) < 4.78 is 29.2. The number of hydrogen-bond donors (Lipinski definition) is 0. The molecule has 0 atom stereocenters. The molecule has 0 aromatic carbocycles. The van der Waals surface area contributed by atoms with Crippen LogP contribution in [0.2, 0.25) is 0 Å². The molecule has 1 aliphatic heterocycles. The smallest absolute Gasteiger partial charge is 0.252 e. The number of aromatic nitrogens is 2. The van der Waals surface area contributed by atoms with Gasteiger partial charge in [0.05, 0.1) is 16.4 Å². The van der Waals surface area contributed by atoms with E-state index in [1.807, 2.05) is 6.92 Å². The van der Waals surface area contributed by atoms with Crippen molar-refractivity contribution in [3.8, 4) is 0 Å². The van der Waals surface area contributed by atoms with E-state index < -0.39 is 10.0 Å². The lowest BCUT2D eigenvalue weighted by Gasteiger charge is -2.33. The van der Waals surface area contributed by atoms with E-state index in [1.165, 1.54) is 15.6 Å². The molecule has 1 saturated heterocycles. The van der Waals surface area contributed by atoms with Gasteiger partial charge in [-0.2, -0.15) is 9.40 Å². The first-order valence-corrected chi connectivity index (χ1v) is 10.5. The molecule has 2 aromatic rings. The van der Waals surface area contributed by atoms with Crippen LogP contribution in [0.1, 0.15) is 5.69 Å². The molecular weight excluding hydrogens is 416 g/mol. The Morgan fingerprint density at radius 3 is 2.58 bits per heavy atom. The van der Waals surface area contributed by atoms with E-state index in [0.29, 0.717) is 30.4 Å². The number of sulfonamides is 1. The minimum Gasteiger partial charge on any atom is -0.338 e. The van der Waals surface area contributed by atoms with Crippen LogP contribution in [-0.4, -0.2) is 59.5 Å². The molecule has 2 aromatic heterocycles. The average molecular weight is 433 g/mol. The van der Waals surface area contributed by atoms with Crippen molar-refractivity contribution < 1.29 is 13.2 Å². The molecule has 0 N–H and O–H groups in total. The number of halogens is 1. The zero-order valence-corrected chi connectivity index (χ0v) is 16.3. The Morgan fingerprint density at radius 2 is 2.04 bits per heavy atom. The van der Waals surface area contributed by atoms with E-state index in [4.69, 9.17) is 0 Å². The second-order valence-corrected chi connectivity index (χ2v) is 9.42. The van der Waals surface area contributed by atoms with Gasteiger partial charge < -0.3 is 4.90 Å². The summed E-state index contributed by atoms with van der Waals surface area (Å²) in [5, 5.41) is 5.90. The SMILES string of the molecule is Cc1c(Br)cnn1CC(=O)N1CCN(S(=O)(=O)c2cccs2)CC1. The van der Waals surface area contributed by atoms with Crippen LogP contribution in [-0.2, 0) is 21.4 Å². The Morgan fingerprint density at radius 1 is 1.33 bits per heavy atom. The Kier molecular flexibility index (Phi) is 5.09. The monoisotopic (exact) mass is 432 g/mol. The van der Waals surface area contributed by atoms with Gasteiger partial charge in [-0.15, -0.1) is 11.3 Å². The van der Waals surface area contributed by atoms with E-state index in [-0.39, 0.29) is 12.5 Å². The third-order valence-electron chi connectivity index (χ3n) is 4.01. The van der Waals surface area contributed by atoms with Crippen LogP contribution in [0.5, 0.6) is 0 Å². The van der Waals surface area contributed by atoms with Crippen molar-refractivity contribution in [2.24, 2.45) is 0 Å². The first kappa shape index (κ1) is 17.6. The third-order valence-corrected chi connectivity index (χ3v) is 8.06. The molecule has 10 heteroatoms. The van der Waals surface area contributed by atoms with Crippen LogP contribution in [0, 0.1) is 6.92 Å². The quantitative estimate of drug-likeness (QED) is 0.734. The molecule has 3 heterocycles. The van der Waals surface area contributed by atoms with Crippen molar-refractivity contribution in [2.45, 2.75) is 17.7 Å². The van der Waals surface area contributed by atoms with Crippen LogP contribution in [0.3, 0.4) is 0 Å². The van der Waals surface area contributed by atoms with E-state index in [0.717, 1.165) is 10.2 Å². The predicted octanol–water partition coefficient (Wildman–Crippen LogP) is 1.55. The summed E-state index contributed by atoms with van der Waals surface area (Å²) in [4.78, 5) is 14.1. The number of carbonyl (C=O) groups is 1. The molecule has 0 saturated carbocycles. The van der Waals surface area contributed by atoms with Crippen molar-refractivity contribution in [2.75, 3.05) is 26.2 Å². The first-order chi connectivity index (χ1) is 11.4. The number of piperazine rings is 1. The Bertz CT molecular complexity index is 824. The van der Waals surface area contributed by atoms with Gasteiger partial charge in [0.2, 0.25) is 5.91 Å². The summed E-state index contributed by atoms with van der Waals surface area (Å²) in [5.74, 6) is -0.0538. The largest absolute Gasteiger partial charge is 0.338 e. The lowest BCUT2D eigenvalue weighted by molar-refractivity contribution is -0.133. The fourth-order valence-corrected chi connectivity index (χ4v) is 5.39.